The highest BCUT2D eigenvalue weighted by Gasteiger charge is 2.36. The Morgan fingerprint density at radius 1 is 1.26 bits per heavy atom. The van der Waals surface area contributed by atoms with Crippen molar-refractivity contribution in [1.29, 1.82) is 0 Å². The predicted molar refractivity (Wildman–Crippen MR) is 85.6 cm³/mol. The Morgan fingerprint density at radius 2 is 2.13 bits per heavy atom. The van der Waals surface area contributed by atoms with Gasteiger partial charge in [-0.3, -0.25) is 4.79 Å². The number of nitrogens with zero attached hydrogens (tertiary/aromatic N) is 5. The Bertz CT molecular complexity index is 746. The van der Waals surface area contributed by atoms with Crippen molar-refractivity contribution in [2.24, 2.45) is 5.92 Å². The molecule has 122 valence electrons. The SMILES string of the molecule is O=C(C1CCC1)N1CCC[C@@H]1Cn1nnn(-c2cccs2)c1=O. The maximum atomic E-state index is 12.5. The van der Waals surface area contributed by atoms with Crippen molar-refractivity contribution in [1.82, 2.24) is 24.7 Å². The molecule has 2 aromatic rings. The number of hydrogen-bond donors (Lipinski definition) is 0. The normalized spacial score (nSPS) is 21.6. The van der Waals surface area contributed by atoms with Gasteiger partial charge in [0, 0.05) is 12.5 Å². The molecule has 0 bridgehead atoms. The number of hydrogen-bond acceptors (Lipinski definition) is 5. The van der Waals surface area contributed by atoms with Crippen molar-refractivity contribution in [3.05, 3.63) is 28.0 Å². The fourth-order valence-electron chi connectivity index (χ4n) is 3.32. The van der Waals surface area contributed by atoms with Crippen molar-refractivity contribution in [2.75, 3.05) is 6.54 Å². The molecule has 7 nitrogen and oxygen atoms in total. The van der Waals surface area contributed by atoms with E-state index >= 15 is 0 Å². The number of carbonyl (C=O) groups excluding carboxylic acids is 1. The van der Waals surface area contributed by atoms with E-state index in [1.807, 2.05) is 22.4 Å². The number of thiophene rings is 1. The molecule has 4 rings (SSSR count). The molecule has 2 aliphatic rings. The van der Waals surface area contributed by atoms with Crippen LogP contribution < -0.4 is 5.69 Å². The monoisotopic (exact) mass is 333 g/mol. The Balaban J connectivity index is 1.51. The summed E-state index contributed by atoms with van der Waals surface area (Å²) in [5.41, 5.74) is -0.240. The predicted octanol–water partition coefficient (Wildman–Crippen LogP) is 1.28. The molecule has 0 aromatic carbocycles. The zero-order chi connectivity index (χ0) is 15.8. The van der Waals surface area contributed by atoms with E-state index in [1.54, 1.807) is 0 Å². The van der Waals surface area contributed by atoms with Crippen molar-refractivity contribution >= 4 is 17.2 Å². The van der Waals surface area contributed by atoms with Gasteiger partial charge in [-0.2, -0.15) is 9.36 Å². The van der Waals surface area contributed by atoms with Gasteiger partial charge in [0.1, 0.15) is 5.00 Å². The molecule has 0 spiro atoms. The maximum absolute atomic E-state index is 12.5. The van der Waals surface area contributed by atoms with Gasteiger partial charge in [-0.05, 0) is 53.6 Å². The van der Waals surface area contributed by atoms with E-state index in [9.17, 15) is 9.59 Å². The minimum atomic E-state index is -0.240. The minimum Gasteiger partial charge on any atom is -0.338 e. The van der Waals surface area contributed by atoms with Gasteiger partial charge in [0.05, 0.1) is 12.6 Å². The van der Waals surface area contributed by atoms with Crippen LogP contribution in [-0.4, -0.2) is 43.2 Å². The molecule has 1 saturated carbocycles. The molecule has 0 N–H and O–H groups in total. The molecule has 1 aliphatic carbocycles. The van der Waals surface area contributed by atoms with Gasteiger partial charge in [-0.25, -0.2) is 4.79 Å². The average molecular weight is 333 g/mol. The summed E-state index contributed by atoms with van der Waals surface area (Å²) in [5.74, 6) is 0.464. The van der Waals surface area contributed by atoms with E-state index in [4.69, 9.17) is 0 Å². The fraction of sp³-hybridized carbons (Fsp3) is 0.600. The van der Waals surface area contributed by atoms with Crippen LogP contribution in [0.4, 0.5) is 0 Å². The number of amides is 1. The Morgan fingerprint density at radius 3 is 2.83 bits per heavy atom. The van der Waals surface area contributed by atoms with Gasteiger partial charge in [-0.1, -0.05) is 6.42 Å². The molecule has 2 fully saturated rings. The summed E-state index contributed by atoms with van der Waals surface area (Å²) in [6.07, 6.45) is 5.10. The Hall–Kier alpha value is -1.96. The molecule has 8 heteroatoms. The number of aromatic nitrogens is 4. The highest BCUT2D eigenvalue weighted by atomic mass is 32.1. The topological polar surface area (TPSA) is 73.0 Å². The van der Waals surface area contributed by atoms with Gasteiger partial charge < -0.3 is 4.90 Å². The van der Waals surface area contributed by atoms with Crippen LogP contribution in [0.1, 0.15) is 32.1 Å². The minimum absolute atomic E-state index is 0.0642. The second kappa shape index (κ2) is 5.92. The summed E-state index contributed by atoms with van der Waals surface area (Å²) in [6, 6.07) is 3.78. The number of rotatable bonds is 4. The van der Waals surface area contributed by atoms with Gasteiger partial charge in [-0.15, -0.1) is 11.3 Å². The number of tetrazole rings is 1. The fourth-order valence-corrected chi connectivity index (χ4v) is 3.99. The first-order valence-corrected chi connectivity index (χ1v) is 8.99. The number of carbonyl (C=O) groups is 1. The Kier molecular flexibility index (Phi) is 3.76. The zero-order valence-electron chi connectivity index (χ0n) is 12.8. The molecular weight excluding hydrogens is 314 g/mol. The van der Waals surface area contributed by atoms with Gasteiger partial charge in [0.15, 0.2) is 0 Å². The van der Waals surface area contributed by atoms with E-state index in [0.29, 0.717) is 6.54 Å². The molecule has 23 heavy (non-hydrogen) atoms. The third-order valence-electron chi connectivity index (χ3n) is 4.85. The maximum Gasteiger partial charge on any atom is 0.369 e. The van der Waals surface area contributed by atoms with E-state index in [0.717, 1.165) is 43.6 Å². The molecular formula is C15H19N5O2S. The third-order valence-corrected chi connectivity index (χ3v) is 5.70. The third kappa shape index (κ3) is 2.60. The first kappa shape index (κ1) is 14.6. The quantitative estimate of drug-likeness (QED) is 0.845. The van der Waals surface area contributed by atoms with Crippen LogP contribution >= 0.6 is 11.3 Å². The van der Waals surface area contributed by atoms with E-state index in [1.165, 1.54) is 20.7 Å². The molecule has 0 unspecified atom stereocenters. The highest BCUT2D eigenvalue weighted by Crippen LogP contribution is 2.31. The molecule has 1 saturated heterocycles. The lowest BCUT2D eigenvalue weighted by atomic mass is 9.84. The summed E-state index contributed by atoms with van der Waals surface area (Å²) in [7, 11) is 0. The summed E-state index contributed by atoms with van der Waals surface area (Å²) in [6.45, 7) is 1.23. The average Bonchev–Trinajstić information content (AvgIpc) is 3.20. The molecule has 2 aromatic heterocycles. The summed E-state index contributed by atoms with van der Waals surface area (Å²) in [5, 5.41) is 10.6. The molecule has 1 aliphatic heterocycles. The summed E-state index contributed by atoms with van der Waals surface area (Å²) < 4.78 is 2.70. The molecule has 1 atom stereocenters. The van der Waals surface area contributed by atoms with E-state index < -0.39 is 0 Å². The lowest BCUT2D eigenvalue weighted by molar-refractivity contribution is -0.139. The van der Waals surface area contributed by atoms with Gasteiger partial charge in [0.25, 0.3) is 0 Å². The highest BCUT2D eigenvalue weighted by molar-refractivity contribution is 7.12. The van der Waals surface area contributed by atoms with Crippen LogP contribution in [0.5, 0.6) is 0 Å². The van der Waals surface area contributed by atoms with Crippen LogP contribution in [0.3, 0.4) is 0 Å². The second-order valence-electron chi connectivity index (χ2n) is 6.26. The molecule has 1 amide bonds. The zero-order valence-corrected chi connectivity index (χ0v) is 13.6. The van der Waals surface area contributed by atoms with E-state index in [2.05, 4.69) is 10.4 Å². The standard InChI is InChI=1S/C15H19N5O2S/c21-14(11-4-1-5-11)18-8-2-6-12(18)10-19-15(22)20(17-16-19)13-7-3-9-23-13/h3,7,9,11-12H,1-2,4-6,8,10H2/t12-/m1/s1. The smallest absolute Gasteiger partial charge is 0.338 e. The Labute approximate surface area is 137 Å². The van der Waals surface area contributed by atoms with Crippen LogP contribution in [0, 0.1) is 5.92 Å². The number of likely N-dealkylation sites (tertiary alicyclic amines) is 1. The van der Waals surface area contributed by atoms with Crippen molar-refractivity contribution < 1.29 is 4.79 Å². The van der Waals surface area contributed by atoms with Crippen molar-refractivity contribution in [3.8, 4) is 5.00 Å². The summed E-state index contributed by atoms with van der Waals surface area (Å²) >= 11 is 1.45. The lowest BCUT2D eigenvalue weighted by Crippen LogP contribution is -2.44. The lowest BCUT2D eigenvalue weighted by Gasteiger charge is -2.32. The van der Waals surface area contributed by atoms with Gasteiger partial charge >= 0.3 is 5.69 Å². The van der Waals surface area contributed by atoms with E-state index in [-0.39, 0.29) is 23.6 Å². The van der Waals surface area contributed by atoms with Crippen LogP contribution in [-0.2, 0) is 11.3 Å². The van der Waals surface area contributed by atoms with Crippen LogP contribution in [0.2, 0.25) is 0 Å². The van der Waals surface area contributed by atoms with Gasteiger partial charge in [0.2, 0.25) is 5.91 Å². The molecule has 3 heterocycles. The molecule has 0 radical (unpaired) electrons. The largest absolute Gasteiger partial charge is 0.369 e. The first-order chi connectivity index (χ1) is 11.2. The van der Waals surface area contributed by atoms with Crippen molar-refractivity contribution in [3.63, 3.8) is 0 Å². The van der Waals surface area contributed by atoms with Crippen molar-refractivity contribution in [2.45, 2.75) is 44.7 Å². The first-order valence-electron chi connectivity index (χ1n) is 8.11. The second-order valence-corrected chi connectivity index (χ2v) is 7.19. The van der Waals surface area contributed by atoms with Crippen LogP contribution in [0.25, 0.3) is 5.00 Å². The van der Waals surface area contributed by atoms with Crippen LogP contribution in [0.15, 0.2) is 22.3 Å². The summed E-state index contributed by atoms with van der Waals surface area (Å²) in [4.78, 5) is 26.9.